The second kappa shape index (κ2) is 7.62. The lowest BCUT2D eigenvalue weighted by atomic mass is 10.2. The third-order valence-corrected chi connectivity index (χ3v) is 5.98. The van der Waals surface area contributed by atoms with Crippen LogP contribution in [0.25, 0.3) is 5.69 Å². The summed E-state index contributed by atoms with van der Waals surface area (Å²) in [5.41, 5.74) is 0.668. The molecule has 0 radical (unpaired) electrons. The fourth-order valence-corrected chi connectivity index (χ4v) is 4.47. The Balaban J connectivity index is 1.43. The van der Waals surface area contributed by atoms with Gasteiger partial charge in [0, 0.05) is 19.5 Å². The summed E-state index contributed by atoms with van der Waals surface area (Å²) in [5, 5.41) is 13.3. The normalized spacial score (nSPS) is 19.0. The maximum Gasteiger partial charge on any atom is 0.294 e. The SMILES string of the molecule is Cc1nc(C(=O)N2CCC[C@H]2c2nnc3n2CCCCC3)nn1-c1ccc(F)cc1. The minimum atomic E-state index is -0.319. The molecule has 2 aliphatic heterocycles. The number of nitrogens with zero attached hydrogens (tertiary/aromatic N) is 7. The number of amides is 1. The maximum absolute atomic E-state index is 13.3. The van der Waals surface area contributed by atoms with Gasteiger partial charge in [0.05, 0.1) is 11.7 Å². The summed E-state index contributed by atoms with van der Waals surface area (Å²) < 4.78 is 17.0. The Morgan fingerprint density at radius 2 is 1.90 bits per heavy atom. The van der Waals surface area contributed by atoms with Crippen molar-refractivity contribution in [2.45, 2.75) is 58.0 Å². The molecule has 0 aliphatic carbocycles. The first-order chi connectivity index (χ1) is 14.6. The zero-order valence-electron chi connectivity index (χ0n) is 17.0. The molecule has 8 nitrogen and oxygen atoms in total. The standard InChI is InChI=1S/C21H24FN7O/c1-14-23-19(26-29(14)16-10-8-15(22)9-11-16)21(30)27-13-5-6-17(27)20-25-24-18-7-3-2-4-12-28(18)20/h8-11,17H,2-7,12-13H2,1H3/t17-/m0/s1. The number of rotatable bonds is 3. The lowest BCUT2D eigenvalue weighted by Gasteiger charge is -2.23. The molecule has 0 N–H and O–H groups in total. The molecule has 1 saturated heterocycles. The molecule has 0 saturated carbocycles. The zero-order valence-corrected chi connectivity index (χ0v) is 17.0. The van der Waals surface area contributed by atoms with Crippen LogP contribution in [0, 0.1) is 12.7 Å². The van der Waals surface area contributed by atoms with Crippen molar-refractivity contribution in [2.24, 2.45) is 0 Å². The molecule has 1 atom stereocenters. The number of carbonyl (C=O) groups is 1. The summed E-state index contributed by atoms with van der Waals surface area (Å²) in [5.74, 6) is 2.12. The van der Waals surface area contributed by atoms with Gasteiger partial charge in [-0.05, 0) is 56.9 Å². The minimum absolute atomic E-state index is 0.102. The van der Waals surface area contributed by atoms with Gasteiger partial charge >= 0.3 is 0 Å². The number of fused-ring (bicyclic) bond motifs is 1. The van der Waals surface area contributed by atoms with Crippen molar-refractivity contribution < 1.29 is 9.18 Å². The van der Waals surface area contributed by atoms with Crippen LogP contribution in [0.3, 0.4) is 0 Å². The highest BCUT2D eigenvalue weighted by atomic mass is 19.1. The van der Waals surface area contributed by atoms with E-state index in [-0.39, 0.29) is 23.6 Å². The van der Waals surface area contributed by atoms with E-state index in [0.717, 1.165) is 50.3 Å². The monoisotopic (exact) mass is 409 g/mol. The number of aromatic nitrogens is 6. The van der Waals surface area contributed by atoms with Crippen molar-refractivity contribution in [1.82, 2.24) is 34.4 Å². The number of hydrogen-bond donors (Lipinski definition) is 0. The molecule has 4 heterocycles. The Bertz CT molecular complexity index is 1070. The Labute approximate surface area is 173 Å². The molecule has 1 fully saturated rings. The van der Waals surface area contributed by atoms with Crippen LogP contribution in [0.5, 0.6) is 0 Å². The molecule has 5 rings (SSSR count). The minimum Gasteiger partial charge on any atom is -0.326 e. The fourth-order valence-electron chi connectivity index (χ4n) is 4.47. The molecule has 0 unspecified atom stereocenters. The number of benzene rings is 1. The Morgan fingerprint density at radius 1 is 1.07 bits per heavy atom. The number of aryl methyl sites for hydroxylation is 2. The summed E-state index contributed by atoms with van der Waals surface area (Å²) in [6.45, 7) is 3.34. The molecule has 2 aromatic heterocycles. The second-order valence-electron chi connectivity index (χ2n) is 7.96. The van der Waals surface area contributed by atoms with E-state index in [1.165, 1.54) is 18.6 Å². The topological polar surface area (TPSA) is 81.7 Å². The van der Waals surface area contributed by atoms with Crippen LogP contribution in [0.1, 0.15) is 66.2 Å². The Hall–Kier alpha value is -3.10. The van der Waals surface area contributed by atoms with Gasteiger partial charge in [0.2, 0.25) is 5.82 Å². The first kappa shape index (κ1) is 18.9. The summed E-state index contributed by atoms with van der Waals surface area (Å²) >= 11 is 0. The predicted molar refractivity (Wildman–Crippen MR) is 107 cm³/mol. The van der Waals surface area contributed by atoms with E-state index in [0.29, 0.717) is 18.1 Å². The van der Waals surface area contributed by atoms with Crippen molar-refractivity contribution in [1.29, 1.82) is 0 Å². The molecule has 1 aromatic carbocycles. The van der Waals surface area contributed by atoms with E-state index >= 15 is 0 Å². The molecule has 30 heavy (non-hydrogen) atoms. The zero-order chi connectivity index (χ0) is 20.7. The highest BCUT2D eigenvalue weighted by Gasteiger charge is 2.36. The average molecular weight is 409 g/mol. The highest BCUT2D eigenvalue weighted by molar-refractivity contribution is 5.91. The number of carbonyl (C=O) groups excluding carboxylic acids is 1. The van der Waals surface area contributed by atoms with Gasteiger partial charge < -0.3 is 9.47 Å². The Morgan fingerprint density at radius 3 is 2.73 bits per heavy atom. The smallest absolute Gasteiger partial charge is 0.294 e. The van der Waals surface area contributed by atoms with Crippen molar-refractivity contribution >= 4 is 5.91 Å². The lowest BCUT2D eigenvalue weighted by molar-refractivity contribution is 0.0714. The third kappa shape index (κ3) is 3.28. The van der Waals surface area contributed by atoms with E-state index < -0.39 is 0 Å². The number of halogens is 1. The van der Waals surface area contributed by atoms with Crippen LogP contribution in [0.4, 0.5) is 4.39 Å². The average Bonchev–Trinajstić information content (AvgIpc) is 3.43. The molecular formula is C21H24FN7O. The largest absolute Gasteiger partial charge is 0.326 e. The van der Waals surface area contributed by atoms with E-state index in [4.69, 9.17) is 0 Å². The maximum atomic E-state index is 13.3. The number of hydrogen-bond acceptors (Lipinski definition) is 5. The summed E-state index contributed by atoms with van der Waals surface area (Å²) in [4.78, 5) is 19.5. The van der Waals surface area contributed by atoms with Gasteiger partial charge in [-0.25, -0.2) is 14.1 Å². The molecule has 156 valence electrons. The summed E-state index contributed by atoms with van der Waals surface area (Å²) in [6.07, 6.45) is 6.16. The molecule has 3 aromatic rings. The van der Waals surface area contributed by atoms with Crippen molar-refractivity contribution in [3.8, 4) is 5.69 Å². The quantitative estimate of drug-likeness (QED) is 0.664. The van der Waals surface area contributed by atoms with Crippen molar-refractivity contribution in [3.63, 3.8) is 0 Å². The summed E-state index contributed by atoms with van der Waals surface area (Å²) in [7, 11) is 0. The summed E-state index contributed by atoms with van der Waals surface area (Å²) in [6, 6.07) is 5.87. The molecular weight excluding hydrogens is 385 g/mol. The van der Waals surface area contributed by atoms with Gasteiger partial charge in [-0.1, -0.05) is 6.42 Å². The van der Waals surface area contributed by atoms with Gasteiger partial charge in [0.25, 0.3) is 5.91 Å². The fraction of sp³-hybridized carbons (Fsp3) is 0.476. The van der Waals surface area contributed by atoms with E-state index in [2.05, 4.69) is 24.8 Å². The first-order valence-electron chi connectivity index (χ1n) is 10.5. The first-order valence-corrected chi connectivity index (χ1v) is 10.5. The molecule has 0 bridgehead atoms. The Kier molecular flexibility index (Phi) is 4.80. The van der Waals surface area contributed by atoms with Crippen LogP contribution in [-0.4, -0.2) is 46.9 Å². The van der Waals surface area contributed by atoms with Crippen molar-refractivity contribution in [3.05, 3.63) is 53.4 Å². The van der Waals surface area contributed by atoms with E-state index in [1.54, 1.807) is 23.7 Å². The number of likely N-dealkylation sites (tertiary alicyclic amines) is 1. The van der Waals surface area contributed by atoms with Gasteiger partial charge in [-0.15, -0.1) is 15.3 Å². The van der Waals surface area contributed by atoms with Crippen LogP contribution >= 0.6 is 0 Å². The van der Waals surface area contributed by atoms with Crippen LogP contribution < -0.4 is 0 Å². The van der Waals surface area contributed by atoms with Gasteiger partial charge in [-0.2, -0.15) is 0 Å². The molecule has 1 amide bonds. The van der Waals surface area contributed by atoms with Crippen LogP contribution in [-0.2, 0) is 13.0 Å². The predicted octanol–water partition coefficient (Wildman–Crippen LogP) is 3.01. The van der Waals surface area contributed by atoms with Gasteiger partial charge in [0.15, 0.2) is 5.82 Å². The second-order valence-corrected chi connectivity index (χ2v) is 7.96. The highest BCUT2D eigenvalue weighted by Crippen LogP contribution is 2.33. The van der Waals surface area contributed by atoms with Crippen molar-refractivity contribution in [2.75, 3.05) is 6.54 Å². The lowest BCUT2D eigenvalue weighted by Crippen LogP contribution is -2.33. The van der Waals surface area contributed by atoms with E-state index in [9.17, 15) is 9.18 Å². The van der Waals surface area contributed by atoms with Crippen LogP contribution in [0.15, 0.2) is 24.3 Å². The van der Waals surface area contributed by atoms with Crippen LogP contribution in [0.2, 0.25) is 0 Å². The van der Waals surface area contributed by atoms with Gasteiger partial charge in [-0.3, -0.25) is 4.79 Å². The molecule has 0 spiro atoms. The third-order valence-electron chi connectivity index (χ3n) is 5.98. The van der Waals surface area contributed by atoms with Gasteiger partial charge in [0.1, 0.15) is 17.5 Å². The van der Waals surface area contributed by atoms with E-state index in [1.807, 2.05) is 4.90 Å². The molecule has 2 aliphatic rings. The molecule has 9 heteroatoms.